The van der Waals surface area contributed by atoms with Crippen LogP contribution in [0.1, 0.15) is 33.1 Å². The van der Waals surface area contributed by atoms with Gasteiger partial charge in [-0.1, -0.05) is 13.8 Å². The molecule has 0 saturated heterocycles. The third-order valence-electron chi connectivity index (χ3n) is 3.82. The van der Waals surface area contributed by atoms with Crippen LogP contribution >= 0.6 is 0 Å². The van der Waals surface area contributed by atoms with Crippen LogP contribution in [0.15, 0.2) is 0 Å². The first-order valence-corrected chi connectivity index (χ1v) is 4.95. The third kappa shape index (κ3) is 1.01. The molecule has 0 unspecified atom stereocenters. The van der Waals surface area contributed by atoms with Crippen LogP contribution in [0.4, 0.5) is 0 Å². The van der Waals surface area contributed by atoms with E-state index in [1.54, 1.807) is 0 Å². The summed E-state index contributed by atoms with van der Waals surface area (Å²) in [6, 6.07) is 0.536. The molecule has 2 saturated carbocycles. The quantitative estimate of drug-likeness (QED) is 0.612. The molecule has 0 radical (unpaired) electrons. The van der Waals surface area contributed by atoms with E-state index in [4.69, 9.17) is 5.73 Å². The molecular formula is C10H19N. The predicted octanol–water partition coefficient (Wildman–Crippen LogP) is 2.02. The van der Waals surface area contributed by atoms with Gasteiger partial charge in [0.15, 0.2) is 0 Å². The van der Waals surface area contributed by atoms with E-state index in [1.807, 2.05) is 0 Å². The maximum Gasteiger partial charge on any atom is 0.0101 e. The second kappa shape index (κ2) is 2.48. The van der Waals surface area contributed by atoms with Gasteiger partial charge >= 0.3 is 0 Å². The Morgan fingerprint density at radius 3 is 2.18 bits per heavy atom. The lowest BCUT2D eigenvalue weighted by molar-refractivity contribution is 0.222. The van der Waals surface area contributed by atoms with Crippen LogP contribution in [0.3, 0.4) is 0 Å². The minimum Gasteiger partial charge on any atom is -0.327 e. The largest absolute Gasteiger partial charge is 0.327 e. The molecule has 1 heteroatoms. The Morgan fingerprint density at radius 2 is 1.82 bits per heavy atom. The molecular weight excluding hydrogens is 134 g/mol. The summed E-state index contributed by atoms with van der Waals surface area (Å²) in [5.41, 5.74) is 6.17. The molecule has 0 aromatic carbocycles. The van der Waals surface area contributed by atoms with Crippen molar-refractivity contribution in [3.05, 3.63) is 0 Å². The second-order valence-electron chi connectivity index (χ2n) is 4.73. The summed E-state index contributed by atoms with van der Waals surface area (Å²) in [5.74, 6) is 3.51. The molecule has 0 aliphatic heterocycles. The van der Waals surface area contributed by atoms with Gasteiger partial charge in [0.05, 0.1) is 0 Å². The molecule has 1 nitrogen and oxygen atoms in total. The third-order valence-corrected chi connectivity index (χ3v) is 3.82. The molecule has 0 aromatic heterocycles. The van der Waals surface area contributed by atoms with Gasteiger partial charge in [0, 0.05) is 6.04 Å². The van der Waals surface area contributed by atoms with E-state index in [-0.39, 0.29) is 0 Å². The summed E-state index contributed by atoms with van der Waals surface area (Å²) in [6.45, 7) is 4.65. The van der Waals surface area contributed by atoms with E-state index in [9.17, 15) is 0 Å². The Labute approximate surface area is 69.4 Å². The summed E-state index contributed by atoms with van der Waals surface area (Å²) in [6.07, 6.45) is 4.31. The average molecular weight is 153 g/mol. The number of hydrogen-bond donors (Lipinski definition) is 1. The van der Waals surface area contributed by atoms with Crippen molar-refractivity contribution in [2.75, 3.05) is 0 Å². The molecule has 2 aliphatic carbocycles. The van der Waals surface area contributed by atoms with Gasteiger partial charge in [-0.2, -0.15) is 0 Å². The van der Waals surface area contributed by atoms with Gasteiger partial charge < -0.3 is 5.73 Å². The highest BCUT2D eigenvalue weighted by Crippen LogP contribution is 2.50. The van der Waals surface area contributed by atoms with Gasteiger partial charge in [0.1, 0.15) is 0 Å². The summed E-state index contributed by atoms with van der Waals surface area (Å²) >= 11 is 0. The molecule has 4 atom stereocenters. The van der Waals surface area contributed by atoms with Crippen molar-refractivity contribution in [2.24, 2.45) is 29.4 Å². The molecule has 0 amide bonds. The van der Waals surface area contributed by atoms with Crippen LogP contribution in [-0.2, 0) is 0 Å². The van der Waals surface area contributed by atoms with Gasteiger partial charge in [-0.15, -0.1) is 0 Å². The monoisotopic (exact) mass is 153 g/mol. The van der Waals surface area contributed by atoms with Crippen LogP contribution in [-0.4, -0.2) is 6.04 Å². The second-order valence-corrected chi connectivity index (χ2v) is 4.73. The molecule has 2 bridgehead atoms. The zero-order chi connectivity index (χ0) is 8.01. The molecule has 0 spiro atoms. The van der Waals surface area contributed by atoms with Gasteiger partial charge in [0.2, 0.25) is 0 Å². The molecule has 64 valence electrons. The number of hydrogen-bond acceptors (Lipinski definition) is 1. The molecule has 0 heterocycles. The molecule has 11 heavy (non-hydrogen) atoms. The van der Waals surface area contributed by atoms with E-state index >= 15 is 0 Å². The topological polar surface area (TPSA) is 26.0 Å². The van der Waals surface area contributed by atoms with E-state index in [0.29, 0.717) is 6.04 Å². The summed E-state index contributed by atoms with van der Waals surface area (Å²) in [7, 11) is 0. The Morgan fingerprint density at radius 1 is 1.18 bits per heavy atom. The van der Waals surface area contributed by atoms with E-state index < -0.39 is 0 Å². The minimum atomic E-state index is 0.536. The fourth-order valence-corrected chi connectivity index (χ4v) is 3.37. The predicted molar refractivity (Wildman–Crippen MR) is 47.1 cm³/mol. The Hall–Kier alpha value is -0.0400. The van der Waals surface area contributed by atoms with E-state index in [0.717, 1.165) is 23.7 Å². The van der Waals surface area contributed by atoms with Crippen LogP contribution < -0.4 is 5.73 Å². The first kappa shape index (κ1) is 7.60. The highest BCUT2D eigenvalue weighted by Gasteiger charge is 2.46. The molecule has 2 fully saturated rings. The maximum atomic E-state index is 6.17. The molecule has 0 aromatic rings. The lowest BCUT2D eigenvalue weighted by Crippen LogP contribution is -2.38. The van der Waals surface area contributed by atoms with Crippen molar-refractivity contribution in [2.45, 2.75) is 39.2 Å². The number of nitrogens with two attached hydrogens (primary N) is 1. The standard InChI is InChI=1S/C10H19N/c1-6(2)9-7-3-4-8(5-7)10(9)11/h6-10H,3-5,11H2,1-2H3/t7-,8-,9+,10-/m0/s1. The summed E-state index contributed by atoms with van der Waals surface area (Å²) in [5, 5.41) is 0. The van der Waals surface area contributed by atoms with Crippen LogP contribution in [0.2, 0.25) is 0 Å². The van der Waals surface area contributed by atoms with Crippen LogP contribution in [0, 0.1) is 23.7 Å². The molecule has 2 rings (SSSR count). The Kier molecular flexibility index (Phi) is 1.71. The molecule has 2 aliphatic rings. The van der Waals surface area contributed by atoms with Crippen molar-refractivity contribution in [3.63, 3.8) is 0 Å². The SMILES string of the molecule is CC(C)[C@@H]1[C@H]2CC[C@@H](C2)[C@@H]1N. The summed E-state index contributed by atoms with van der Waals surface area (Å²) in [4.78, 5) is 0. The fraction of sp³-hybridized carbons (Fsp3) is 1.00. The first-order chi connectivity index (χ1) is 5.20. The van der Waals surface area contributed by atoms with Gasteiger partial charge in [-0.25, -0.2) is 0 Å². The highest BCUT2D eigenvalue weighted by molar-refractivity contribution is 4.99. The van der Waals surface area contributed by atoms with Gasteiger partial charge in [-0.05, 0) is 42.9 Å². The van der Waals surface area contributed by atoms with E-state index in [1.165, 1.54) is 19.3 Å². The van der Waals surface area contributed by atoms with Crippen molar-refractivity contribution in [1.82, 2.24) is 0 Å². The smallest absolute Gasteiger partial charge is 0.0101 e. The van der Waals surface area contributed by atoms with Crippen molar-refractivity contribution >= 4 is 0 Å². The summed E-state index contributed by atoms with van der Waals surface area (Å²) < 4.78 is 0. The number of fused-ring (bicyclic) bond motifs is 2. The average Bonchev–Trinajstić information content (AvgIpc) is 2.44. The Balaban J connectivity index is 2.11. The zero-order valence-corrected chi connectivity index (χ0v) is 7.59. The lowest BCUT2D eigenvalue weighted by atomic mass is 9.78. The number of rotatable bonds is 1. The van der Waals surface area contributed by atoms with Crippen LogP contribution in [0.25, 0.3) is 0 Å². The Bertz CT molecular complexity index is 151. The van der Waals surface area contributed by atoms with Crippen molar-refractivity contribution in [1.29, 1.82) is 0 Å². The lowest BCUT2D eigenvalue weighted by Gasteiger charge is -2.31. The highest BCUT2D eigenvalue weighted by atomic mass is 14.7. The van der Waals surface area contributed by atoms with E-state index in [2.05, 4.69) is 13.8 Å². The minimum absolute atomic E-state index is 0.536. The molecule has 2 N–H and O–H groups in total. The van der Waals surface area contributed by atoms with Gasteiger partial charge in [-0.3, -0.25) is 0 Å². The normalized spacial score (nSPS) is 49.1. The maximum absolute atomic E-state index is 6.17. The fourth-order valence-electron chi connectivity index (χ4n) is 3.37. The van der Waals surface area contributed by atoms with Crippen molar-refractivity contribution < 1.29 is 0 Å². The van der Waals surface area contributed by atoms with Crippen LogP contribution in [0.5, 0.6) is 0 Å². The van der Waals surface area contributed by atoms with Gasteiger partial charge in [0.25, 0.3) is 0 Å². The van der Waals surface area contributed by atoms with Crippen molar-refractivity contribution in [3.8, 4) is 0 Å². The first-order valence-electron chi connectivity index (χ1n) is 4.95. The zero-order valence-electron chi connectivity index (χ0n) is 7.59.